The maximum atomic E-state index is 12.6. The number of hydrogen-bond acceptors (Lipinski definition) is 8. The number of hydroxylamine groups is 2. The Labute approximate surface area is 171 Å². The highest BCUT2D eigenvalue weighted by molar-refractivity contribution is 5.80. The van der Waals surface area contributed by atoms with Gasteiger partial charge in [0, 0.05) is 19.0 Å². The smallest absolute Gasteiger partial charge is 0.246 e. The second kappa shape index (κ2) is 10.3. The number of amides is 2. The molecule has 3 rings (SSSR count). The lowest BCUT2D eigenvalue weighted by atomic mass is 10.0. The van der Waals surface area contributed by atoms with Crippen molar-refractivity contribution in [2.45, 2.75) is 64.2 Å². The Morgan fingerprint density at radius 2 is 2.03 bits per heavy atom. The summed E-state index contributed by atoms with van der Waals surface area (Å²) in [4.78, 5) is 39.0. The fraction of sp³-hybridized carbons (Fsp3) is 0.737. The van der Waals surface area contributed by atoms with E-state index in [1.807, 2.05) is 0 Å². The van der Waals surface area contributed by atoms with Gasteiger partial charge in [-0.1, -0.05) is 26.2 Å². The van der Waals surface area contributed by atoms with Crippen LogP contribution in [0.1, 0.15) is 70.0 Å². The van der Waals surface area contributed by atoms with Crippen molar-refractivity contribution in [1.29, 1.82) is 0 Å². The molecule has 0 aromatic carbocycles. The van der Waals surface area contributed by atoms with Crippen LogP contribution in [-0.4, -0.2) is 57.2 Å². The highest BCUT2D eigenvalue weighted by Gasteiger charge is 2.29. The van der Waals surface area contributed by atoms with Crippen molar-refractivity contribution in [1.82, 2.24) is 25.4 Å². The Bertz CT molecular complexity index is 692. The van der Waals surface area contributed by atoms with E-state index in [0.29, 0.717) is 35.7 Å². The topological polar surface area (TPSA) is 124 Å². The Kier molecular flexibility index (Phi) is 7.56. The molecule has 3 N–H and O–H groups in total. The third-order valence-corrected chi connectivity index (χ3v) is 5.33. The fourth-order valence-corrected chi connectivity index (χ4v) is 3.45. The molecule has 0 radical (unpaired) electrons. The van der Waals surface area contributed by atoms with Crippen LogP contribution in [0, 0.1) is 5.92 Å². The van der Waals surface area contributed by atoms with Crippen LogP contribution in [0.15, 0.2) is 0 Å². The molecular weight excluding hydrogens is 374 g/mol. The first-order valence-electron chi connectivity index (χ1n) is 10.6. The Balaban J connectivity index is 1.64. The van der Waals surface area contributed by atoms with Gasteiger partial charge < -0.3 is 4.90 Å². The Hall–Kier alpha value is -2.49. The summed E-state index contributed by atoms with van der Waals surface area (Å²) in [5, 5.41) is 10.0. The number of hydrogen-bond donors (Lipinski definition) is 3. The monoisotopic (exact) mass is 405 g/mol. The van der Waals surface area contributed by atoms with Crippen LogP contribution in [0.3, 0.4) is 0 Å². The van der Waals surface area contributed by atoms with E-state index >= 15 is 0 Å². The predicted molar refractivity (Wildman–Crippen MR) is 107 cm³/mol. The predicted octanol–water partition coefficient (Wildman–Crippen LogP) is 1.84. The minimum absolute atomic E-state index is 0.0513. The van der Waals surface area contributed by atoms with Gasteiger partial charge in [-0.25, -0.2) is 5.06 Å². The van der Waals surface area contributed by atoms with Crippen molar-refractivity contribution in [2.75, 3.05) is 30.0 Å². The molecular formula is C19H31N7O3. The molecule has 1 atom stereocenters. The molecule has 0 spiro atoms. The molecule has 1 saturated carbocycles. The molecule has 1 aromatic heterocycles. The van der Waals surface area contributed by atoms with Gasteiger partial charge in [-0.15, -0.1) is 0 Å². The van der Waals surface area contributed by atoms with E-state index in [9.17, 15) is 14.8 Å². The van der Waals surface area contributed by atoms with Gasteiger partial charge in [0.25, 0.3) is 0 Å². The lowest BCUT2D eigenvalue weighted by Gasteiger charge is -2.20. The number of aromatic nitrogens is 3. The zero-order chi connectivity index (χ0) is 20.6. The van der Waals surface area contributed by atoms with Gasteiger partial charge in [-0.05, 0) is 32.1 Å². The largest absolute Gasteiger partial charge is 0.341 e. The molecule has 1 aliphatic heterocycles. The van der Waals surface area contributed by atoms with Gasteiger partial charge in [-0.3, -0.25) is 25.6 Å². The van der Waals surface area contributed by atoms with Crippen molar-refractivity contribution < 1.29 is 14.8 Å². The molecule has 160 valence electrons. The van der Waals surface area contributed by atoms with Crippen LogP contribution in [0.4, 0.5) is 11.9 Å². The highest BCUT2D eigenvalue weighted by Crippen LogP contribution is 2.38. The van der Waals surface area contributed by atoms with Crippen molar-refractivity contribution in [3.63, 3.8) is 0 Å². The van der Waals surface area contributed by atoms with E-state index in [1.54, 1.807) is 0 Å². The maximum absolute atomic E-state index is 12.6. The van der Waals surface area contributed by atoms with E-state index < -0.39 is 5.92 Å². The number of nitrogens with one attached hydrogen (secondary N) is 2. The standard InChI is InChI=1S/C19H31N7O3/c1-2-3-4-7-15(12-26(29)13-27)17(28)23-24-18-20-16(14-8-9-14)21-19(22-18)25-10-5-6-11-25/h13-15,29H,2-12H2,1H3,(H,23,28)(H,20,21,22,24). The average molecular weight is 406 g/mol. The fourth-order valence-electron chi connectivity index (χ4n) is 3.45. The number of anilines is 2. The number of carbonyl (C=O) groups excluding carboxylic acids is 2. The SMILES string of the molecule is CCCCCC(CN(O)C=O)C(=O)NNc1nc(C2CC2)nc(N2CCCC2)n1. The first-order valence-corrected chi connectivity index (χ1v) is 10.6. The molecule has 2 fully saturated rings. The minimum Gasteiger partial charge on any atom is -0.341 e. The average Bonchev–Trinajstić information content (AvgIpc) is 3.45. The van der Waals surface area contributed by atoms with Gasteiger partial charge in [0.1, 0.15) is 5.82 Å². The molecule has 29 heavy (non-hydrogen) atoms. The number of nitrogens with zero attached hydrogens (tertiary/aromatic N) is 5. The van der Waals surface area contributed by atoms with Crippen LogP contribution in [0.5, 0.6) is 0 Å². The van der Waals surface area contributed by atoms with Gasteiger partial charge in [0.2, 0.25) is 24.2 Å². The summed E-state index contributed by atoms with van der Waals surface area (Å²) >= 11 is 0. The summed E-state index contributed by atoms with van der Waals surface area (Å²) in [6.07, 6.45) is 8.14. The lowest BCUT2D eigenvalue weighted by Crippen LogP contribution is -2.40. The molecule has 2 amide bonds. The third-order valence-electron chi connectivity index (χ3n) is 5.33. The van der Waals surface area contributed by atoms with E-state index in [2.05, 4.69) is 37.6 Å². The number of rotatable bonds is 12. The van der Waals surface area contributed by atoms with E-state index in [-0.39, 0.29) is 12.5 Å². The van der Waals surface area contributed by atoms with E-state index in [0.717, 1.165) is 63.9 Å². The Morgan fingerprint density at radius 3 is 2.69 bits per heavy atom. The van der Waals surface area contributed by atoms with Crippen molar-refractivity contribution >= 4 is 24.2 Å². The summed E-state index contributed by atoms with van der Waals surface area (Å²) in [6.45, 7) is 3.88. The van der Waals surface area contributed by atoms with Crippen LogP contribution in [0.25, 0.3) is 0 Å². The lowest BCUT2D eigenvalue weighted by molar-refractivity contribution is -0.154. The zero-order valence-electron chi connectivity index (χ0n) is 17.0. The Morgan fingerprint density at radius 1 is 1.28 bits per heavy atom. The van der Waals surface area contributed by atoms with Crippen LogP contribution < -0.4 is 15.8 Å². The first-order chi connectivity index (χ1) is 14.1. The van der Waals surface area contributed by atoms with E-state index in [4.69, 9.17) is 0 Å². The summed E-state index contributed by atoms with van der Waals surface area (Å²) in [5.74, 6) is 1.28. The van der Waals surface area contributed by atoms with Crippen LogP contribution in [-0.2, 0) is 9.59 Å². The number of hydrazine groups is 1. The summed E-state index contributed by atoms with van der Waals surface area (Å²) < 4.78 is 0. The second-order valence-corrected chi connectivity index (χ2v) is 7.82. The number of carbonyl (C=O) groups is 2. The summed E-state index contributed by atoms with van der Waals surface area (Å²) in [6, 6.07) is 0. The van der Waals surface area contributed by atoms with Crippen molar-refractivity contribution in [3.05, 3.63) is 5.82 Å². The minimum atomic E-state index is -0.521. The van der Waals surface area contributed by atoms with Gasteiger partial charge in [-0.2, -0.15) is 15.0 Å². The second-order valence-electron chi connectivity index (χ2n) is 7.82. The van der Waals surface area contributed by atoms with Crippen molar-refractivity contribution in [3.8, 4) is 0 Å². The summed E-state index contributed by atoms with van der Waals surface area (Å²) in [5.41, 5.74) is 5.46. The normalized spacial score (nSPS) is 17.1. The molecule has 1 saturated heterocycles. The summed E-state index contributed by atoms with van der Waals surface area (Å²) in [7, 11) is 0. The molecule has 2 aliphatic rings. The van der Waals surface area contributed by atoms with E-state index in [1.165, 1.54) is 0 Å². The highest BCUT2D eigenvalue weighted by atomic mass is 16.5. The molecule has 1 unspecified atom stereocenters. The van der Waals surface area contributed by atoms with Crippen LogP contribution >= 0.6 is 0 Å². The van der Waals surface area contributed by atoms with Crippen LogP contribution in [0.2, 0.25) is 0 Å². The third kappa shape index (κ3) is 6.25. The zero-order valence-corrected chi connectivity index (χ0v) is 17.0. The van der Waals surface area contributed by atoms with Gasteiger partial charge in [0.15, 0.2) is 0 Å². The molecule has 1 aliphatic carbocycles. The van der Waals surface area contributed by atoms with Gasteiger partial charge >= 0.3 is 0 Å². The quantitative estimate of drug-likeness (QED) is 0.208. The number of unbranched alkanes of at least 4 members (excludes halogenated alkanes) is 2. The molecule has 10 nitrogen and oxygen atoms in total. The molecule has 1 aromatic rings. The van der Waals surface area contributed by atoms with Crippen molar-refractivity contribution in [2.24, 2.45) is 5.92 Å². The molecule has 0 bridgehead atoms. The van der Waals surface area contributed by atoms with Gasteiger partial charge in [0.05, 0.1) is 12.5 Å². The molecule has 2 heterocycles. The first kappa shape index (κ1) is 21.2. The maximum Gasteiger partial charge on any atom is 0.246 e. The molecule has 10 heteroatoms.